The number of hydrogen-bond acceptors (Lipinski definition) is 6. The molecule has 6 nitrogen and oxygen atoms in total. The number of fused-ring (bicyclic) bond motifs is 2. The average molecular weight is 499 g/mol. The fourth-order valence-corrected chi connectivity index (χ4v) is 5.58. The third-order valence-corrected chi connectivity index (χ3v) is 6.98. The molecule has 0 fully saturated rings. The number of carbonyl (C=O) groups excluding carboxylic acids is 1. The first kappa shape index (κ1) is 21.9. The van der Waals surface area contributed by atoms with Crippen LogP contribution in [0.15, 0.2) is 48.1 Å². The third-order valence-electron chi connectivity index (χ3n) is 5.53. The molecule has 0 spiro atoms. The van der Waals surface area contributed by atoms with Crippen LogP contribution in [0.1, 0.15) is 27.7 Å². The maximum atomic E-state index is 13.4. The van der Waals surface area contributed by atoms with E-state index in [9.17, 15) is 4.79 Å². The van der Waals surface area contributed by atoms with Crippen molar-refractivity contribution in [2.75, 3.05) is 25.6 Å². The van der Waals surface area contributed by atoms with Crippen molar-refractivity contribution >= 4 is 57.0 Å². The molecule has 0 aliphatic carbocycles. The largest absolute Gasteiger partial charge is 0.492 e. The minimum Gasteiger partial charge on any atom is -0.492 e. The van der Waals surface area contributed by atoms with Gasteiger partial charge in [-0.05, 0) is 35.7 Å². The van der Waals surface area contributed by atoms with Gasteiger partial charge in [0.1, 0.15) is 5.75 Å². The second kappa shape index (κ2) is 8.82. The highest BCUT2D eigenvalue weighted by atomic mass is 35.5. The van der Waals surface area contributed by atoms with Gasteiger partial charge in [-0.2, -0.15) is 0 Å². The quantitative estimate of drug-likeness (QED) is 0.374. The summed E-state index contributed by atoms with van der Waals surface area (Å²) >= 11 is 14.0. The Morgan fingerprint density at radius 1 is 1.18 bits per heavy atom. The first-order chi connectivity index (χ1) is 15.9. The lowest BCUT2D eigenvalue weighted by molar-refractivity contribution is 0.0926. The molecule has 0 saturated carbocycles. The van der Waals surface area contributed by atoms with Crippen LogP contribution in [-0.4, -0.2) is 36.6 Å². The Morgan fingerprint density at radius 2 is 1.97 bits per heavy atom. The van der Waals surface area contributed by atoms with E-state index in [4.69, 9.17) is 27.9 Å². The lowest BCUT2D eigenvalue weighted by Crippen LogP contribution is -2.32. The second-order valence-electron chi connectivity index (χ2n) is 7.94. The Morgan fingerprint density at radius 3 is 2.73 bits per heavy atom. The predicted molar refractivity (Wildman–Crippen MR) is 134 cm³/mol. The van der Waals surface area contributed by atoms with Crippen molar-refractivity contribution in [3.63, 3.8) is 0 Å². The molecule has 1 amide bonds. The predicted octanol–water partition coefficient (Wildman–Crippen LogP) is 5.98. The zero-order valence-corrected chi connectivity index (χ0v) is 20.3. The van der Waals surface area contributed by atoms with Gasteiger partial charge in [0.05, 0.1) is 40.0 Å². The number of benzene rings is 1. The lowest BCUT2D eigenvalue weighted by atomic mass is 10.0. The van der Waals surface area contributed by atoms with E-state index in [1.54, 1.807) is 41.9 Å². The molecular weight excluding hydrogens is 479 g/mol. The smallest absolute Gasteiger partial charge is 0.255 e. The van der Waals surface area contributed by atoms with Gasteiger partial charge in [-0.15, -0.1) is 11.3 Å². The van der Waals surface area contributed by atoms with Crippen molar-refractivity contribution in [1.29, 1.82) is 0 Å². The van der Waals surface area contributed by atoms with Gasteiger partial charge < -0.3 is 15.0 Å². The summed E-state index contributed by atoms with van der Waals surface area (Å²) in [6.07, 6.45) is 4.04. The molecule has 33 heavy (non-hydrogen) atoms. The Balaban J connectivity index is 1.58. The Kier molecular flexibility index (Phi) is 5.86. The molecule has 1 atom stereocenters. The maximum absolute atomic E-state index is 13.4. The van der Waals surface area contributed by atoms with Crippen molar-refractivity contribution in [1.82, 2.24) is 15.3 Å². The molecule has 9 heteroatoms. The highest BCUT2D eigenvalue weighted by molar-refractivity contribution is 7.10. The zero-order valence-electron chi connectivity index (χ0n) is 17.9. The molecule has 5 rings (SSSR count). The summed E-state index contributed by atoms with van der Waals surface area (Å²) in [6.45, 7) is 0.572. The van der Waals surface area contributed by atoms with Crippen LogP contribution in [0.4, 0.5) is 5.69 Å². The van der Waals surface area contributed by atoms with Crippen LogP contribution >= 0.6 is 34.5 Å². The first-order valence-corrected chi connectivity index (χ1v) is 12.0. The van der Waals surface area contributed by atoms with Crippen molar-refractivity contribution in [3.8, 4) is 17.0 Å². The van der Waals surface area contributed by atoms with E-state index in [0.29, 0.717) is 33.4 Å². The van der Waals surface area contributed by atoms with E-state index < -0.39 is 0 Å². The van der Waals surface area contributed by atoms with Crippen LogP contribution in [0.5, 0.6) is 5.75 Å². The molecule has 168 valence electrons. The van der Waals surface area contributed by atoms with Crippen LogP contribution in [0.25, 0.3) is 22.2 Å². The lowest BCUT2D eigenvalue weighted by Gasteiger charge is -2.25. The Bertz CT molecular complexity index is 1350. The van der Waals surface area contributed by atoms with Crippen molar-refractivity contribution < 1.29 is 9.53 Å². The molecule has 0 saturated heterocycles. The van der Waals surface area contributed by atoms with Crippen LogP contribution in [0.3, 0.4) is 0 Å². The average Bonchev–Trinajstić information content (AvgIpc) is 3.27. The van der Waals surface area contributed by atoms with Gasteiger partial charge in [0.25, 0.3) is 5.91 Å². The standard InChI is InChI=1S/C24H20Cl2N4O2S/c1-30(2)22-16-3-6-27-20(13-9-14(25)11-15(26)10-13)21(16)28-12-17(22)24(31)29-18-4-7-32-19-5-8-33-23(18)19/h3,5-6,8-12,18H,4,7H2,1-2H3,(H,29,31). The number of halogens is 2. The van der Waals surface area contributed by atoms with E-state index in [0.717, 1.165) is 33.7 Å². The second-order valence-corrected chi connectivity index (χ2v) is 9.76. The minimum absolute atomic E-state index is 0.0893. The van der Waals surface area contributed by atoms with Crippen LogP contribution in [0, 0.1) is 0 Å². The molecule has 4 aromatic rings. The Hall–Kier alpha value is -2.87. The van der Waals surface area contributed by atoms with Gasteiger partial charge in [0, 0.05) is 53.9 Å². The fraction of sp³-hybridized carbons (Fsp3) is 0.208. The molecule has 1 N–H and O–H groups in total. The molecule has 1 aliphatic rings. The van der Waals surface area contributed by atoms with E-state index in [2.05, 4.69) is 15.3 Å². The summed E-state index contributed by atoms with van der Waals surface area (Å²) in [6, 6.07) is 9.00. The summed E-state index contributed by atoms with van der Waals surface area (Å²) in [7, 11) is 3.82. The van der Waals surface area contributed by atoms with Crippen LogP contribution in [0.2, 0.25) is 10.0 Å². The number of thiophene rings is 1. The highest BCUT2D eigenvalue weighted by Crippen LogP contribution is 2.38. The number of nitrogens with zero attached hydrogens (tertiary/aromatic N) is 3. The minimum atomic E-state index is -0.177. The summed E-state index contributed by atoms with van der Waals surface area (Å²) in [4.78, 5) is 25.5. The third kappa shape index (κ3) is 4.12. The van der Waals surface area contributed by atoms with Gasteiger partial charge in [-0.25, -0.2) is 0 Å². The summed E-state index contributed by atoms with van der Waals surface area (Å²) in [5.74, 6) is 0.667. The van der Waals surface area contributed by atoms with Gasteiger partial charge in [0.15, 0.2) is 0 Å². The molecular formula is C24H20Cl2N4O2S. The molecule has 0 radical (unpaired) electrons. The molecule has 0 bridgehead atoms. The maximum Gasteiger partial charge on any atom is 0.255 e. The van der Waals surface area contributed by atoms with E-state index in [1.807, 2.05) is 36.5 Å². The number of carbonyl (C=O) groups is 1. The van der Waals surface area contributed by atoms with E-state index >= 15 is 0 Å². The molecule has 1 aromatic carbocycles. The van der Waals surface area contributed by atoms with Crippen LogP contribution in [-0.2, 0) is 0 Å². The van der Waals surface area contributed by atoms with Crippen molar-refractivity contribution in [3.05, 3.63) is 68.6 Å². The highest BCUT2D eigenvalue weighted by Gasteiger charge is 2.27. The van der Waals surface area contributed by atoms with Crippen LogP contribution < -0.4 is 15.0 Å². The molecule has 1 aliphatic heterocycles. The zero-order chi connectivity index (χ0) is 23.1. The van der Waals surface area contributed by atoms with E-state index in [1.165, 1.54) is 0 Å². The van der Waals surface area contributed by atoms with Crippen molar-refractivity contribution in [2.24, 2.45) is 0 Å². The number of amides is 1. The normalized spacial score (nSPS) is 15.1. The molecule has 3 aromatic heterocycles. The number of ether oxygens (including phenoxy) is 1. The van der Waals surface area contributed by atoms with Gasteiger partial charge in [0.2, 0.25) is 0 Å². The number of hydrogen-bond donors (Lipinski definition) is 1. The topological polar surface area (TPSA) is 67.4 Å². The monoisotopic (exact) mass is 498 g/mol. The summed E-state index contributed by atoms with van der Waals surface area (Å²) in [5.41, 5.74) is 3.35. The molecule has 1 unspecified atom stereocenters. The van der Waals surface area contributed by atoms with Gasteiger partial charge in [-0.3, -0.25) is 14.8 Å². The number of nitrogens with one attached hydrogen (secondary N) is 1. The summed E-state index contributed by atoms with van der Waals surface area (Å²) in [5, 5.41) is 7.01. The van der Waals surface area contributed by atoms with E-state index in [-0.39, 0.29) is 11.9 Å². The van der Waals surface area contributed by atoms with Gasteiger partial charge in [-0.1, -0.05) is 23.2 Å². The fourth-order valence-electron chi connectivity index (χ4n) is 4.13. The molecule has 4 heterocycles. The summed E-state index contributed by atoms with van der Waals surface area (Å²) < 4.78 is 5.69. The SMILES string of the molecule is CN(C)c1c(C(=O)NC2CCOc3ccsc32)cnc2c(-c3cc(Cl)cc(Cl)c3)nccc12. The Labute approximate surface area is 205 Å². The number of rotatable bonds is 4. The van der Waals surface area contributed by atoms with Crippen molar-refractivity contribution in [2.45, 2.75) is 12.5 Å². The number of aromatic nitrogens is 2. The van der Waals surface area contributed by atoms with Gasteiger partial charge >= 0.3 is 0 Å². The number of pyridine rings is 2. The number of anilines is 1. The first-order valence-electron chi connectivity index (χ1n) is 10.3.